The summed E-state index contributed by atoms with van der Waals surface area (Å²) >= 11 is 3.31. The van der Waals surface area contributed by atoms with E-state index in [-0.39, 0.29) is 24.3 Å². The van der Waals surface area contributed by atoms with Gasteiger partial charge in [-0.15, -0.1) is 0 Å². The highest BCUT2D eigenvalue weighted by atomic mass is 79.9. The second-order valence-electron chi connectivity index (χ2n) is 4.85. The Morgan fingerprint density at radius 1 is 1.29 bits per heavy atom. The lowest BCUT2D eigenvalue weighted by molar-refractivity contribution is -0.120. The third-order valence-corrected chi connectivity index (χ3v) is 3.42. The molecule has 1 aromatic rings. The summed E-state index contributed by atoms with van der Waals surface area (Å²) in [6.07, 6.45) is 1.05. The molecule has 0 aliphatic heterocycles. The zero-order valence-corrected chi connectivity index (χ0v) is 14.0. The van der Waals surface area contributed by atoms with Gasteiger partial charge in [-0.2, -0.15) is 5.10 Å². The monoisotopic (exact) mass is 353 g/mol. The maximum Gasteiger partial charge on any atom is 0.271 e. The molecule has 0 aromatic heterocycles. The molecule has 21 heavy (non-hydrogen) atoms. The van der Waals surface area contributed by atoms with Gasteiger partial charge >= 0.3 is 0 Å². The van der Waals surface area contributed by atoms with E-state index in [1.807, 2.05) is 13.8 Å². The molecule has 0 spiro atoms. The van der Waals surface area contributed by atoms with E-state index in [0.717, 1.165) is 10.9 Å². The fourth-order valence-corrected chi connectivity index (χ4v) is 1.78. The van der Waals surface area contributed by atoms with Crippen LogP contribution in [0.2, 0.25) is 0 Å². The number of carbonyl (C=O) groups is 2. The Labute approximate surface area is 133 Å². The molecule has 0 radical (unpaired) electrons. The van der Waals surface area contributed by atoms with Crippen LogP contribution in [0.15, 0.2) is 33.8 Å². The first kappa shape index (κ1) is 17.4. The topological polar surface area (TPSA) is 70.6 Å². The minimum atomic E-state index is -0.302. The van der Waals surface area contributed by atoms with Crippen molar-refractivity contribution >= 4 is 33.5 Å². The van der Waals surface area contributed by atoms with E-state index >= 15 is 0 Å². The Morgan fingerprint density at radius 3 is 2.48 bits per heavy atom. The normalized spacial score (nSPS) is 12.7. The third kappa shape index (κ3) is 6.53. The number of carbonyl (C=O) groups excluding carboxylic acids is 2. The summed E-state index contributed by atoms with van der Waals surface area (Å²) in [4.78, 5) is 23.5. The number of amides is 2. The van der Waals surface area contributed by atoms with Gasteiger partial charge < -0.3 is 5.32 Å². The molecule has 1 atom stereocenters. The molecule has 6 heteroatoms. The lowest BCUT2D eigenvalue weighted by atomic mass is 10.2. The molecular formula is C15H20BrN3O2. The van der Waals surface area contributed by atoms with Crippen LogP contribution in [0.3, 0.4) is 0 Å². The molecule has 0 unspecified atom stereocenters. The van der Waals surface area contributed by atoms with E-state index in [1.165, 1.54) is 0 Å². The standard InChI is InChI=1S/C15H20BrN3O2/c1-4-10(2)17-14(20)9-11(3)18-19-15(21)12-5-7-13(16)8-6-12/h5-8,10H,4,9H2,1-3H3,(H,17,20)(H,19,21)/b18-11-/t10-/m1/s1. The molecule has 0 saturated heterocycles. The summed E-state index contributed by atoms with van der Waals surface area (Å²) in [7, 11) is 0. The maximum absolute atomic E-state index is 11.8. The van der Waals surface area contributed by atoms with Crippen LogP contribution in [0.4, 0.5) is 0 Å². The summed E-state index contributed by atoms with van der Waals surface area (Å²) in [6, 6.07) is 7.10. The fraction of sp³-hybridized carbons (Fsp3) is 0.400. The SMILES string of the molecule is CC[C@@H](C)NC(=O)C/C(C)=N\NC(=O)c1ccc(Br)cc1. The number of benzene rings is 1. The van der Waals surface area contributed by atoms with E-state index < -0.39 is 0 Å². The Balaban J connectivity index is 2.49. The average Bonchev–Trinajstić information content (AvgIpc) is 2.45. The summed E-state index contributed by atoms with van der Waals surface area (Å²) in [5.74, 6) is -0.396. The van der Waals surface area contributed by atoms with Crippen molar-refractivity contribution in [3.8, 4) is 0 Å². The summed E-state index contributed by atoms with van der Waals surface area (Å²) < 4.78 is 0.903. The van der Waals surface area contributed by atoms with E-state index in [0.29, 0.717) is 11.3 Å². The zero-order chi connectivity index (χ0) is 15.8. The third-order valence-electron chi connectivity index (χ3n) is 2.89. The predicted molar refractivity (Wildman–Crippen MR) is 87.2 cm³/mol. The zero-order valence-electron chi connectivity index (χ0n) is 12.4. The number of rotatable bonds is 6. The van der Waals surface area contributed by atoms with Gasteiger partial charge in [-0.05, 0) is 44.5 Å². The molecule has 0 aliphatic carbocycles. The van der Waals surface area contributed by atoms with Crippen LogP contribution in [-0.2, 0) is 4.79 Å². The van der Waals surface area contributed by atoms with Gasteiger partial charge in [-0.3, -0.25) is 9.59 Å². The van der Waals surface area contributed by atoms with Crippen molar-refractivity contribution in [2.45, 2.75) is 39.7 Å². The van der Waals surface area contributed by atoms with Gasteiger partial charge in [0.05, 0.1) is 6.42 Å². The molecule has 114 valence electrons. The minimum absolute atomic E-state index is 0.0940. The second kappa shape index (κ2) is 8.56. The van der Waals surface area contributed by atoms with Crippen LogP contribution in [0, 0.1) is 0 Å². The molecule has 5 nitrogen and oxygen atoms in total. The predicted octanol–water partition coefficient (Wildman–Crippen LogP) is 2.86. The van der Waals surface area contributed by atoms with Crippen molar-refractivity contribution in [3.05, 3.63) is 34.3 Å². The van der Waals surface area contributed by atoms with Crippen LogP contribution < -0.4 is 10.7 Å². The quantitative estimate of drug-likeness (QED) is 0.609. The number of nitrogens with zero attached hydrogens (tertiary/aromatic N) is 1. The van der Waals surface area contributed by atoms with E-state index in [9.17, 15) is 9.59 Å². The number of hydrazone groups is 1. The van der Waals surface area contributed by atoms with Gasteiger partial charge in [0.2, 0.25) is 5.91 Å². The molecule has 0 saturated carbocycles. The lowest BCUT2D eigenvalue weighted by Crippen LogP contribution is -2.33. The van der Waals surface area contributed by atoms with E-state index in [1.54, 1.807) is 31.2 Å². The Kier molecular flexibility index (Phi) is 7.08. The summed E-state index contributed by atoms with van der Waals surface area (Å²) in [6.45, 7) is 5.65. The second-order valence-corrected chi connectivity index (χ2v) is 5.76. The largest absolute Gasteiger partial charge is 0.353 e. The maximum atomic E-state index is 11.8. The van der Waals surface area contributed by atoms with Crippen LogP contribution in [-0.4, -0.2) is 23.6 Å². The van der Waals surface area contributed by atoms with E-state index in [4.69, 9.17) is 0 Å². The highest BCUT2D eigenvalue weighted by Crippen LogP contribution is 2.10. The van der Waals surface area contributed by atoms with Gasteiger partial charge in [0.25, 0.3) is 5.91 Å². The minimum Gasteiger partial charge on any atom is -0.353 e. The molecule has 2 N–H and O–H groups in total. The fourth-order valence-electron chi connectivity index (χ4n) is 1.51. The highest BCUT2D eigenvalue weighted by Gasteiger charge is 2.08. The van der Waals surface area contributed by atoms with Crippen molar-refractivity contribution < 1.29 is 9.59 Å². The van der Waals surface area contributed by atoms with Gasteiger partial charge in [-0.25, -0.2) is 5.43 Å². The molecule has 1 aromatic carbocycles. The van der Waals surface area contributed by atoms with Crippen LogP contribution in [0.5, 0.6) is 0 Å². The van der Waals surface area contributed by atoms with Gasteiger partial charge in [0.1, 0.15) is 0 Å². The van der Waals surface area contributed by atoms with Gasteiger partial charge in [-0.1, -0.05) is 22.9 Å². The summed E-state index contributed by atoms with van der Waals surface area (Å²) in [5, 5.41) is 6.79. The average molecular weight is 354 g/mol. The molecule has 0 bridgehead atoms. The van der Waals surface area contributed by atoms with Gasteiger partial charge in [0.15, 0.2) is 0 Å². The Hall–Kier alpha value is -1.69. The summed E-state index contributed by atoms with van der Waals surface area (Å²) in [5.41, 5.74) is 3.51. The number of nitrogens with one attached hydrogen (secondary N) is 2. The first-order valence-electron chi connectivity index (χ1n) is 6.80. The number of hydrogen-bond acceptors (Lipinski definition) is 3. The van der Waals surface area contributed by atoms with Crippen molar-refractivity contribution in [1.82, 2.24) is 10.7 Å². The molecule has 0 fully saturated rings. The van der Waals surface area contributed by atoms with Crippen molar-refractivity contribution in [1.29, 1.82) is 0 Å². The number of hydrogen-bond donors (Lipinski definition) is 2. The smallest absolute Gasteiger partial charge is 0.271 e. The van der Waals surface area contributed by atoms with Crippen molar-refractivity contribution in [2.24, 2.45) is 5.10 Å². The Bertz CT molecular complexity index is 526. The lowest BCUT2D eigenvalue weighted by Gasteiger charge is -2.10. The number of halogens is 1. The van der Waals surface area contributed by atoms with Crippen LogP contribution in [0.1, 0.15) is 44.0 Å². The van der Waals surface area contributed by atoms with E-state index in [2.05, 4.69) is 31.8 Å². The molecule has 2 amide bonds. The molecule has 0 heterocycles. The van der Waals surface area contributed by atoms with Gasteiger partial charge in [0, 0.05) is 21.8 Å². The first-order chi connectivity index (χ1) is 9.92. The van der Waals surface area contributed by atoms with Crippen LogP contribution >= 0.6 is 15.9 Å². The van der Waals surface area contributed by atoms with Crippen molar-refractivity contribution in [3.63, 3.8) is 0 Å². The first-order valence-corrected chi connectivity index (χ1v) is 7.60. The molecule has 1 rings (SSSR count). The van der Waals surface area contributed by atoms with Crippen LogP contribution in [0.25, 0.3) is 0 Å². The molecular weight excluding hydrogens is 334 g/mol. The highest BCUT2D eigenvalue weighted by molar-refractivity contribution is 9.10. The molecule has 0 aliphatic rings. The Morgan fingerprint density at radius 2 is 1.90 bits per heavy atom. The van der Waals surface area contributed by atoms with Crippen molar-refractivity contribution in [2.75, 3.05) is 0 Å².